The molecule has 26 heteroatoms. The normalized spacial score (nSPS) is 17.6. The number of para-hydroxylation sites is 1. The molecule has 458 valence electrons. The summed E-state index contributed by atoms with van der Waals surface area (Å²) in [4.78, 5) is 139. The second kappa shape index (κ2) is 30.8. The molecule has 1 fully saturated rings. The number of aromatic amines is 1. The number of hydrogen-bond acceptors (Lipinski definition) is 13. The highest BCUT2D eigenvalue weighted by Gasteiger charge is 2.43. The summed E-state index contributed by atoms with van der Waals surface area (Å²) >= 11 is 0. The Morgan fingerprint density at radius 1 is 0.659 bits per heavy atom. The number of urea groups is 1. The first-order valence-electron chi connectivity index (χ1n) is 29.0. The van der Waals surface area contributed by atoms with Gasteiger partial charge in [-0.15, -0.1) is 0 Å². The number of amides is 9. The van der Waals surface area contributed by atoms with Crippen LogP contribution in [0.15, 0.2) is 77.8 Å². The van der Waals surface area contributed by atoms with Gasteiger partial charge >= 0.3 is 12.0 Å². The van der Waals surface area contributed by atoms with E-state index in [-0.39, 0.29) is 70.5 Å². The Balaban J connectivity index is 1.23. The minimum Gasteiger partial charge on any atom is -0.481 e. The van der Waals surface area contributed by atoms with Crippen molar-refractivity contribution in [3.63, 3.8) is 0 Å². The molecular weight excluding hydrogens is 1090 g/mol. The number of morpholine rings is 1. The first-order valence-corrected chi connectivity index (χ1v) is 29.0. The quantitative estimate of drug-likeness (QED) is 0.0190. The third-order valence-electron chi connectivity index (χ3n) is 15.7. The van der Waals surface area contributed by atoms with Gasteiger partial charge in [0, 0.05) is 68.6 Å². The molecule has 1 saturated heterocycles. The summed E-state index contributed by atoms with van der Waals surface area (Å²) in [7, 11) is 0. The fourth-order valence-corrected chi connectivity index (χ4v) is 11.1. The molecular formula is C59H81N15O11. The number of guanidine groups is 1. The van der Waals surface area contributed by atoms with Crippen LogP contribution in [0.3, 0.4) is 0 Å². The summed E-state index contributed by atoms with van der Waals surface area (Å²) in [5.41, 5.74) is 33.4. The molecule has 4 aromatic rings. The highest BCUT2D eigenvalue weighted by molar-refractivity contribution is 5.99. The third-order valence-corrected chi connectivity index (χ3v) is 15.7. The summed E-state index contributed by atoms with van der Waals surface area (Å²) < 4.78 is 5.53. The highest BCUT2D eigenvalue weighted by Crippen LogP contribution is 2.32. The second-order valence-corrected chi connectivity index (χ2v) is 21.9. The number of primary amides is 2. The lowest BCUT2D eigenvalue weighted by Crippen LogP contribution is -2.62. The van der Waals surface area contributed by atoms with E-state index < -0.39 is 102 Å². The summed E-state index contributed by atoms with van der Waals surface area (Å²) in [5, 5.41) is 24.4. The second-order valence-electron chi connectivity index (χ2n) is 21.9. The standard InChI is InChI=1S/C59H81N15O11/c1-2-3-14-43(71-59(64)84)52(78)70-46(31-50(75)76)57(83)73-33-38-12-5-4-11-37(38)29-48(73)54(80)69-45(28-35-18-20-36(21-19-35)32-72-24-26-85-27-25-72)53(79)68-44(17-10-23-65-58(62)63)56(82)74-34-47-40(39-13-6-7-15-41(39)66-47)30-49(74)55(81)67-42(51(61)77)16-8-9-22-60/h4-7,11-13,15,18-21,42-46,48-49,66H,2-3,8-10,14,16-17,22-34,60H2,1H3,(H2,61,77)(H,67,81)(H,68,79)(H,69,80)(H,70,78)(H,75,76)(H4,62,63,65)(H3,64,71,84)/t42-,43-,44-,45+,46-,48-,49?/m0/s1. The zero-order valence-electron chi connectivity index (χ0n) is 48.0. The number of unbranched alkanes of at least 4 members (excludes halogenated alkanes) is 2. The number of carbonyl (C=O) groups is 9. The lowest BCUT2D eigenvalue weighted by molar-refractivity contribution is -0.148. The molecule has 3 aliphatic heterocycles. The minimum atomic E-state index is -1.72. The zero-order valence-corrected chi connectivity index (χ0v) is 48.0. The fraction of sp³-hybridized carbons (Fsp3) is 0.492. The Morgan fingerprint density at radius 2 is 1.26 bits per heavy atom. The van der Waals surface area contributed by atoms with E-state index in [1.807, 2.05) is 55.5 Å². The van der Waals surface area contributed by atoms with Gasteiger partial charge in [-0.3, -0.25) is 48.2 Å². The van der Waals surface area contributed by atoms with E-state index in [2.05, 4.69) is 41.5 Å². The number of aliphatic carboxylic acids is 1. The molecule has 0 spiro atoms. The SMILES string of the molecule is CCCC[C@H](NC(N)=O)C(=O)N[C@@H](CC(=O)O)C(=O)N1Cc2ccccc2C[C@H]1C(=O)N[C@H](Cc1ccc(CN2CCOCC2)cc1)C(=O)N[C@@H](CCCN=C(N)N)C(=O)N1Cc2[nH]c3ccccc3c2CC1C(=O)N[C@@H](CCCCN)C(N)=O. The Hall–Kier alpha value is -8.62. The van der Waals surface area contributed by atoms with Crippen LogP contribution in [0.4, 0.5) is 4.79 Å². The van der Waals surface area contributed by atoms with Crippen LogP contribution in [-0.4, -0.2) is 166 Å². The van der Waals surface area contributed by atoms with Crippen molar-refractivity contribution in [2.75, 3.05) is 39.4 Å². The maximum Gasteiger partial charge on any atom is 0.312 e. The van der Waals surface area contributed by atoms with Gasteiger partial charge in [0.1, 0.15) is 42.3 Å². The number of carboxylic acids is 1. The van der Waals surface area contributed by atoms with Crippen LogP contribution in [0.2, 0.25) is 0 Å². The number of aromatic nitrogens is 1. The Kier molecular flexibility index (Phi) is 23.2. The minimum absolute atomic E-state index is 0.0283. The molecule has 0 saturated carbocycles. The van der Waals surface area contributed by atoms with Crippen LogP contribution in [0, 0.1) is 0 Å². The number of nitrogens with zero attached hydrogens (tertiary/aromatic N) is 4. The Labute approximate surface area is 493 Å². The zero-order chi connectivity index (χ0) is 61.2. The third kappa shape index (κ3) is 17.7. The number of hydrogen-bond donors (Lipinski definition) is 12. The van der Waals surface area contributed by atoms with E-state index in [4.69, 9.17) is 33.4 Å². The maximum absolute atomic E-state index is 15.5. The summed E-state index contributed by atoms with van der Waals surface area (Å²) in [6, 6.07) is 11.6. The van der Waals surface area contributed by atoms with Gasteiger partial charge in [-0.05, 0) is 79.0 Å². The molecule has 4 heterocycles. The number of aliphatic imine (C=N–C) groups is 1. The lowest BCUT2D eigenvalue weighted by atomic mass is 9.92. The van der Waals surface area contributed by atoms with Crippen molar-refractivity contribution in [3.8, 4) is 0 Å². The predicted octanol–water partition coefficient (Wildman–Crippen LogP) is -0.242. The Bertz CT molecular complexity index is 3050. The van der Waals surface area contributed by atoms with Crippen molar-refractivity contribution in [1.29, 1.82) is 0 Å². The molecule has 3 aliphatic rings. The molecule has 85 heavy (non-hydrogen) atoms. The molecule has 0 radical (unpaired) electrons. The van der Waals surface area contributed by atoms with Crippen molar-refractivity contribution in [2.45, 2.75) is 146 Å². The number of ether oxygens (including phenoxy) is 1. The number of nitrogens with two attached hydrogens (primary N) is 5. The fourth-order valence-electron chi connectivity index (χ4n) is 11.1. The average molecular weight is 1180 g/mol. The molecule has 0 aliphatic carbocycles. The van der Waals surface area contributed by atoms with Crippen LogP contribution in [0.25, 0.3) is 10.9 Å². The van der Waals surface area contributed by atoms with E-state index in [1.165, 1.54) is 9.80 Å². The topological polar surface area (TPSA) is 411 Å². The van der Waals surface area contributed by atoms with Gasteiger partial charge in [0.25, 0.3) is 0 Å². The van der Waals surface area contributed by atoms with Crippen molar-refractivity contribution >= 4 is 70.2 Å². The number of fused-ring (bicyclic) bond motifs is 4. The average Bonchev–Trinajstić information content (AvgIpc) is 2.22. The molecule has 9 amide bonds. The van der Waals surface area contributed by atoms with E-state index in [0.717, 1.165) is 35.1 Å². The van der Waals surface area contributed by atoms with Gasteiger partial charge in [-0.25, -0.2) is 4.79 Å². The molecule has 0 bridgehead atoms. The van der Waals surface area contributed by atoms with E-state index in [1.54, 1.807) is 24.3 Å². The van der Waals surface area contributed by atoms with Gasteiger partial charge in [0.05, 0.1) is 26.2 Å². The van der Waals surface area contributed by atoms with Crippen LogP contribution < -0.4 is 55.3 Å². The van der Waals surface area contributed by atoms with Crippen LogP contribution in [-0.2, 0) is 82.0 Å². The van der Waals surface area contributed by atoms with Crippen molar-refractivity contribution in [2.24, 2.45) is 33.7 Å². The molecule has 1 aromatic heterocycles. The predicted molar refractivity (Wildman–Crippen MR) is 315 cm³/mol. The smallest absolute Gasteiger partial charge is 0.312 e. The number of rotatable bonds is 29. The van der Waals surface area contributed by atoms with Gasteiger partial charge in [-0.1, -0.05) is 86.5 Å². The summed E-state index contributed by atoms with van der Waals surface area (Å²) in [6.07, 6.45) is 1.57. The van der Waals surface area contributed by atoms with E-state index in [9.17, 15) is 33.9 Å². The lowest BCUT2D eigenvalue weighted by Gasteiger charge is -2.39. The van der Waals surface area contributed by atoms with Crippen LogP contribution in [0.1, 0.15) is 98.2 Å². The number of nitrogens with one attached hydrogen (secondary N) is 6. The van der Waals surface area contributed by atoms with Crippen molar-refractivity contribution < 1.29 is 53.0 Å². The monoisotopic (exact) mass is 1180 g/mol. The van der Waals surface area contributed by atoms with Crippen molar-refractivity contribution in [3.05, 3.63) is 106 Å². The first kappa shape index (κ1) is 64.0. The van der Waals surface area contributed by atoms with Crippen LogP contribution >= 0.6 is 0 Å². The molecule has 17 N–H and O–H groups in total. The number of carboxylic acid groups (broad SMARTS) is 1. The number of H-pyrrole nitrogens is 1. The van der Waals surface area contributed by atoms with Gasteiger partial charge in [0.15, 0.2) is 5.96 Å². The molecule has 7 atom stereocenters. The van der Waals surface area contributed by atoms with Gasteiger partial charge in [0.2, 0.25) is 41.4 Å². The maximum atomic E-state index is 15.5. The number of carbonyl (C=O) groups excluding carboxylic acids is 8. The molecule has 3 aromatic carbocycles. The Morgan fingerprint density at radius 3 is 1.93 bits per heavy atom. The number of benzene rings is 3. The molecule has 26 nitrogen and oxygen atoms in total. The first-order chi connectivity index (χ1) is 40.8. The van der Waals surface area contributed by atoms with Crippen LogP contribution in [0.5, 0.6) is 0 Å². The molecule has 1 unspecified atom stereocenters. The van der Waals surface area contributed by atoms with Crippen molar-refractivity contribution in [1.82, 2.24) is 46.3 Å². The van der Waals surface area contributed by atoms with E-state index >= 15 is 14.4 Å². The van der Waals surface area contributed by atoms with E-state index in [0.29, 0.717) is 74.4 Å². The van der Waals surface area contributed by atoms with Gasteiger partial charge in [-0.2, -0.15) is 0 Å². The summed E-state index contributed by atoms with van der Waals surface area (Å²) in [6.45, 7) is 5.32. The largest absolute Gasteiger partial charge is 0.481 e. The highest BCUT2D eigenvalue weighted by atomic mass is 16.5. The summed E-state index contributed by atoms with van der Waals surface area (Å²) in [5.74, 6) is -7.12. The van der Waals surface area contributed by atoms with Gasteiger partial charge < -0.3 is 79.9 Å². The molecule has 7 rings (SSSR count).